The van der Waals surface area contributed by atoms with Gasteiger partial charge in [0.25, 0.3) is 5.88 Å². The molecule has 5 rings (SSSR count). The molecule has 0 spiro atoms. The molecule has 1 unspecified atom stereocenters. The lowest BCUT2D eigenvalue weighted by Crippen LogP contribution is -2.21. The molecule has 1 fully saturated rings. The Hall–Kier alpha value is -3.85. The highest BCUT2D eigenvalue weighted by Gasteiger charge is 2.23. The second kappa shape index (κ2) is 8.59. The van der Waals surface area contributed by atoms with Gasteiger partial charge in [0.2, 0.25) is 5.88 Å². The first-order valence-electron chi connectivity index (χ1n) is 10.7. The van der Waals surface area contributed by atoms with Gasteiger partial charge in [-0.3, -0.25) is 4.57 Å². The molecule has 9 heteroatoms. The summed E-state index contributed by atoms with van der Waals surface area (Å²) in [6.07, 6.45) is 6.16. The molecular formula is C24H25N5O4. The van der Waals surface area contributed by atoms with Crippen LogP contribution in [-0.4, -0.2) is 63.6 Å². The summed E-state index contributed by atoms with van der Waals surface area (Å²) in [6, 6.07) is 9.35. The average Bonchev–Trinajstić information content (AvgIpc) is 3.48. The minimum Gasteiger partial charge on any atom is -0.494 e. The number of methoxy groups -OCH3 is 2. The van der Waals surface area contributed by atoms with Crippen LogP contribution in [0.5, 0.6) is 17.5 Å². The molecule has 0 radical (unpaired) electrons. The number of aliphatic hydroxyl groups excluding tert-OH is 1. The Balaban J connectivity index is 1.45. The minimum atomic E-state index is 0.102. The van der Waals surface area contributed by atoms with Gasteiger partial charge in [0, 0.05) is 43.6 Å². The molecule has 1 atom stereocenters. The van der Waals surface area contributed by atoms with E-state index in [0.717, 1.165) is 36.6 Å². The van der Waals surface area contributed by atoms with E-state index in [-0.39, 0.29) is 12.5 Å². The van der Waals surface area contributed by atoms with E-state index in [2.05, 4.69) is 14.9 Å². The molecule has 1 aliphatic heterocycles. The number of fused-ring (bicyclic) bond motifs is 1. The van der Waals surface area contributed by atoms with Gasteiger partial charge in [-0.1, -0.05) is 0 Å². The van der Waals surface area contributed by atoms with Gasteiger partial charge >= 0.3 is 0 Å². The van der Waals surface area contributed by atoms with E-state index in [1.54, 1.807) is 37.4 Å². The molecular weight excluding hydrogens is 422 g/mol. The van der Waals surface area contributed by atoms with Crippen LogP contribution >= 0.6 is 0 Å². The summed E-state index contributed by atoms with van der Waals surface area (Å²) in [5.74, 6) is 2.19. The first-order valence-corrected chi connectivity index (χ1v) is 10.7. The topological polar surface area (TPSA) is 106 Å². The van der Waals surface area contributed by atoms with Crippen LogP contribution in [0, 0.1) is 5.92 Å². The quantitative estimate of drug-likeness (QED) is 0.465. The lowest BCUT2D eigenvalue weighted by atomic mass is 10.1. The Bertz CT molecular complexity index is 1290. The van der Waals surface area contributed by atoms with Gasteiger partial charge < -0.3 is 24.6 Å². The van der Waals surface area contributed by atoms with E-state index in [4.69, 9.17) is 14.5 Å². The fourth-order valence-electron chi connectivity index (χ4n) is 4.20. The number of aliphatic hydroxyl groups is 1. The maximum atomic E-state index is 10.8. The van der Waals surface area contributed by atoms with Gasteiger partial charge in [-0.15, -0.1) is 0 Å². The van der Waals surface area contributed by atoms with Crippen LogP contribution in [0.25, 0.3) is 27.8 Å². The number of ether oxygens (including phenoxy) is 2. The summed E-state index contributed by atoms with van der Waals surface area (Å²) in [6.45, 7) is 1.89. The molecule has 0 saturated carbocycles. The van der Waals surface area contributed by atoms with Crippen molar-refractivity contribution in [1.29, 1.82) is 0 Å². The number of aromatic nitrogens is 4. The smallest absolute Gasteiger partial charge is 0.256 e. The van der Waals surface area contributed by atoms with Gasteiger partial charge in [0.05, 0.1) is 42.7 Å². The predicted molar refractivity (Wildman–Crippen MR) is 124 cm³/mol. The van der Waals surface area contributed by atoms with Crippen molar-refractivity contribution in [2.75, 3.05) is 38.8 Å². The zero-order chi connectivity index (χ0) is 22.9. The summed E-state index contributed by atoms with van der Waals surface area (Å²) in [4.78, 5) is 15.7. The van der Waals surface area contributed by atoms with Gasteiger partial charge in [-0.05, 0) is 36.8 Å². The van der Waals surface area contributed by atoms with Gasteiger partial charge in [-0.25, -0.2) is 15.0 Å². The Kier molecular flexibility index (Phi) is 5.47. The third kappa shape index (κ3) is 3.80. The van der Waals surface area contributed by atoms with Gasteiger partial charge in [-0.2, -0.15) is 0 Å². The number of pyridine rings is 3. The molecule has 33 heavy (non-hydrogen) atoms. The van der Waals surface area contributed by atoms with Crippen LogP contribution in [0.1, 0.15) is 6.42 Å². The fraction of sp³-hybridized carbons (Fsp3) is 0.292. The van der Waals surface area contributed by atoms with Crippen molar-refractivity contribution < 1.29 is 19.7 Å². The van der Waals surface area contributed by atoms with Crippen LogP contribution in [0.2, 0.25) is 0 Å². The van der Waals surface area contributed by atoms with E-state index >= 15 is 0 Å². The summed E-state index contributed by atoms with van der Waals surface area (Å²) in [5.41, 5.74) is 2.87. The molecule has 2 N–H and O–H groups in total. The maximum absolute atomic E-state index is 10.8. The van der Waals surface area contributed by atoms with Crippen LogP contribution in [0.4, 0.5) is 5.82 Å². The van der Waals surface area contributed by atoms with Gasteiger partial charge in [0.1, 0.15) is 5.82 Å². The highest BCUT2D eigenvalue weighted by molar-refractivity contribution is 5.87. The summed E-state index contributed by atoms with van der Waals surface area (Å²) >= 11 is 0. The lowest BCUT2D eigenvalue weighted by Gasteiger charge is -2.17. The molecule has 170 valence electrons. The highest BCUT2D eigenvalue weighted by atomic mass is 16.5. The molecule has 0 aromatic carbocycles. The monoisotopic (exact) mass is 447 g/mol. The molecule has 0 aliphatic carbocycles. The maximum Gasteiger partial charge on any atom is 0.256 e. The largest absolute Gasteiger partial charge is 0.494 e. The molecule has 1 saturated heterocycles. The lowest BCUT2D eigenvalue weighted by molar-refractivity contribution is 0.238. The van der Waals surface area contributed by atoms with Crippen LogP contribution in [-0.2, 0) is 0 Å². The normalized spacial score (nSPS) is 15.8. The van der Waals surface area contributed by atoms with Crippen molar-refractivity contribution in [2.24, 2.45) is 5.92 Å². The average molecular weight is 447 g/mol. The second-order valence-electron chi connectivity index (χ2n) is 8.05. The number of rotatable bonds is 6. The molecule has 0 bridgehead atoms. The first kappa shape index (κ1) is 21.0. The first-order chi connectivity index (χ1) is 16.1. The molecule has 9 nitrogen and oxygen atoms in total. The summed E-state index contributed by atoms with van der Waals surface area (Å²) in [7, 11) is 3.10. The van der Waals surface area contributed by atoms with Gasteiger partial charge in [0.15, 0.2) is 5.75 Å². The number of aromatic hydroxyl groups is 1. The van der Waals surface area contributed by atoms with E-state index in [1.807, 2.05) is 30.3 Å². The standard InChI is InChI=1S/C24H25N5O4/c1-32-21-9-16(10-26-23(21)33-2)19-5-4-18-20(27-19)13-29(24(18)31)17-3-6-22(25-11-17)28-8-7-15(12-28)14-30/h3-6,9-11,13,15,30-31H,7-8,12,14H2,1-2H3. The molecule has 5 heterocycles. The Morgan fingerprint density at radius 1 is 1.09 bits per heavy atom. The van der Waals surface area contributed by atoms with Crippen molar-refractivity contribution in [3.05, 3.63) is 48.9 Å². The zero-order valence-corrected chi connectivity index (χ0v) is 18.5. The van der Waals surface area contributed by atoms with Crippen molar-refractivity contribution in [2.45, 2.75) is 6.42 Å². The Morgan fingerprint density at radius 2 is 1.97 bits per heavy atom. The number of hydrogen-bond donors (Lipinski definition) is 2. The fourth-order valence-corrected chi connectivity index (χ4v) is 4.20. The Morgan fingerprint density at radius 3 is 2.67 bits per heavy atom. The molecule has 4 aromatic heterocycles. The van der Waals surface area contributed by atoms with E-state index < -0.39 is 0 Å². The van der Waals surface area contributed by atoms with Crippen molar-refractivity contribution in [3.8, 4) is 34.5 Å². The number of hydrogen-bond acceptors (Lipinski definition) is 8. The van der Waals surface area contributed by atoms with E-state index in [0.29, 0.717) is 34.1 Å². The predicted octanol–water partition coefficient (Wildman–Crippen LogP) is 3.02. The summed E-state index contributed by atoms with van der Waals surface area (Å²) in [5, 5.41) is 20.8. The van der Waals surface area contributed by atoms with Crippen molar-refractivity contribution in [1.82, 2.24) is 19.5 Å². The molecule has 1 aliphatic rings. The third-order valence-electron chi connectivity index (χ3n) is 6.05. The highest BCUT2D eigenvalue weighted by Crippen LogP contribution is 2.33. The third-order valence-corrected chi connectivity index (χ3v) is 6.05. The van der Waals surface area contributed by atoms with Crippen molar-refractivity contribution in [3.63, 3.8) is 0 Å². The number of anilines is 1. The molecule has 4 aromatic rings. The number of nitrogens with zero attached hydrogens (tertiary/aromatic N) is 5. The summed E-state index contributed by atoms with van der Waals surface area (Å²) < 4.78 is 12.2. The van der Waals surface area contributed by atoms with Crippen LogP contribution in [0.15, 0.2) is 48.9 Å². The molecule has 0 amide bonds. The van der Waals surface area contributed by atoms with Crippen LogP contribution < -0.4 is 14.4 Å². The van der Waals surface area contributed by atoms with Crippen LogP contribution in [0.3, 0.4) is 0 Å². The van der Waals surface area contributed by atoms with Crippen molar-refractivity contribution >= 4 is 16.7 Å². The van der Waals surface area contributed by atoms with E-state index in [9.17, 15) is 10.2 Å². The zero-order valence-electron chi connectivity index (χ0n) is 18.5. The second-order valence-corrected chi connectivity index (χ2v) is 8.05. The SMILES string of the molecule is COc1cc(-c2ccc3c(O)n(-c4ccc(N5CCC(CO)C5)nc4)cc3n2)cnc1OC. The Labute approximate surface area is 190 Å². The minimum absolute atomic E-state index is 0.102. The van der Waals surface area contributed by atoms with E-state index in [1.165, 1.54) is 0 Å².